The highest BCUT2D eigenvalue weighted by atomic mass is 32.2. The van der Waals surface area contributed by atoms with Crippen LogP contribution in [-0.4, -0.2) is 33.2 Å². The third-order valence-electron chi connectivity index (χ3n) is 5.24. The van der Waals surface area contributed by atoms with Crippen LogP contribution in [0, 0.1) is 13.8 Å². The first-order valence-electron chi connectivity index (χ1n) is 9.52. The average molecular weight is 417 g/mol. The lowest BCUT2D eigenvalue weighted by atomic mass is 9.89. The third-order valence-corrected chi connectivity index (χ3v) is 6.43. The van der Waals surface area contributed by atoms with Gasteiger partial charge in [-0.3, -0.25) is 9.10 Å². The van der Waals surface area contributed by atoms with Crippen LogP contribution in [0.3, 0.4) is 0 Å². The highest BCUT2D eigenvalue weighted by Gasteiger charge is 2.34. The number of aryl methyl sites for hydroxylation is 2. The summed E-state index contributed by atoms with van der Waals surface area (Å²) in [7, 11) is -1.94. The normalized spacial score (nSPS) is 17.8. The molecule has 1 aliphatic rings. The molecule has 2 aromatic rings. The maximum absolute atomic E-state index is 13.0. The van der Waals surface area contributed by atoms with E-state index in [1.165, 1.54) is 11.4 Å². The summed E-state index contributed by atoms with van der Waals surface area (Å²) in [4.78, 5) is 13.0. The molecule has 1 amide bonds. The van der Waals surface area contributed by atoms with Crippen LogP contribution in [0.15, 0.2) is 36.4 Å². The van der Waals surface area contributed by atoms with Crippen molar-refractivity contribution in [2.24, 2.45) is 0 Å². The van der Waals surface area contributed by atoms with Crippen molar-refractivity contribution >= 4 is 21.6 Å². The Kier molecular flexibility index (Phi) is 5.38. The summed E-state index contributed by atoms with van der Waals surface area (Å²) >= 11 is 0. The second-order valence-corrected chi connectivity index (χ2v) is 10.4. The van der Waals surface area contributed by atoms with Crippen molar-refractivity contribution in [1.29, 1.82) is 0 Å². The monoisotopic (exact) mass is 416 g/mol. The van der Waals surface area contributed by atoms with Crippen LogP contribution < -0.4 is 14.4 Å². The van der Waals surface area contributed by atoms with Gasteiger partial charge < -0.3 is 10.1 Å². The number of carbonyl (C=O) groups is 1. The van der Waals surface area contributed by atoms with Gasteiger partial charge in [-0.2, -0.15) is 0 Å². The first-order valence-corrected chi connectivity index (χ1v) is 11.4. The molecule has 0 spiro atoms. The Hall–Kier alpha value is -2.54. The Labute approximate surface area is 172 Å². The molecule has 0 saturated heterocycles. The van der Waals surface area contributed by atoms with Crippen LogP contribution in [-0.2, 0) is 10.0 Å². The number of rotatable bonds is 4. The summed E-state index contributed by atoms with van der Waals surface area (Å²) in [6, 6.07) is 10.9. The minimum Gasteiger partial charge on any atom is -0.487 e. The molecule has 0 aromatic heterocycles. The number of carbonyl (C=O) groups excluding carboxylic acids is 1. The molecule has 0 radical (unpaired) electrons. The third kappa shape index (κ3) is 4.56. The van der Waals surface area contributed by atoms with E-state index in [1.54, 1.807) is 18.2 Å². The van der Waals surface area contributed by atoms with E-state index in [2.05, 4.69) is 5.32 Å². The molecule has 0 saturated carbocycles. The number of hydrogen-bond acceptors (Lipinski definition) is 4. The second-order valence-electron chi connectivity index (χ2n) is 8.36. The Morgan fingerprint density at radius 3 is 2.52 bits per heavy atom. The molecule has 29 heavy (non-hydrogen) atoms. The van der Waals surface area contributed by atoms with Crippen molar-refractivity contribution in [3.63, 3.8) is 0 Å². The fourth-order valence-corrected chi connectivity index (χ4v) is 4.15. The molecule has 1 aliphatic heterocycles. The van der Waals surface area contributed by atoms with Gasteiger partial charge >= 0.3 is 0 Å². The van der Waals surface area contributed by atoms with Gasteiger partial charge in [0.25, 0.3) is 5.91 Å². The van der Waals surface area contributed by atoms with Crippen molar-refractivity contribution < 1.29 is 17.9 Å². The molecule has 0 aliphatic carbocycles. The zero-order chi connectivity index (χ0) is 21.6. The number of anilines is 1. The number of fused-ring (bicyclic) bond motifs is 1. The minimum absolute atomic E-state index is 0.195. The summed E-state index contributed by atoms with van der Waals surface area (Å²) in [5, 5.41) is 3.10. The smallest absolute Gasteiger partial charge is 0.251 e. The first kappa shape index (κ1) is 21.2. The molecule has 0 fully saturated rings. The molecular weight excluding hydrogens is 388 g/mol. The molecule has 1 atom stereocenters. The molecule has 3 rings (SSSR count). The Morgan fingerprint density at radius 2 is 1.86 bits per heavy atom. The first-order chi connectivity index (χ1) is 13.4. The van der Waals surface area contributed by atoms with Crippen LogP contribution in [0.1, 0.15) is 53.4 Å². The quantitative estimate of drug-likeness (QED) is 0.824. The number of benzene rings is 2. The molecule has 0 unspecified atom stereocenters. The summed E-state index contributed by atoms with van der Waals surface area (Å²) in [6.07, 6.45) is 1.78. The highest BCUT2D eigenvalue weighted by Crippen LogP contribution is 2.40. The predicted octanol–water partition coefficient (Wildman–Crippen LogP) is 3.73. The molecule has 156 valence electrons. The van der Waals surface area contributed by atoms with Crippen LogP contribution in [0.25, 0.3) is 0 Å². The van der Waals surface area contributed by atoms with E-state index in [0.29, 0.717) is 17.7 Å². The number of nitrogens with one attached hydrogen (secondary N) is 1. The summed E-state index contributed by atoms with van der Waals surface area (Å²) in [5.41, 5.74) is 3.32. The van der Waals surface area contributed by atoms with Gasteiger partial charge in [0.05, 0.1) is 18.0 Å². The SMILES string of the molecule is Cc1ccc2c(c1)OC(C)(C)C[C@@H]2NC(=O)c1ccc(C)c(N(C)S(C)(=O)=O)c1. The lowest BCUT2D eigenvalue weighted by molar-refractivity contribution is 0.0619. The molecular formula is C22H28N2O4S. The fraction of sp³-hybridized carbons (Fsp3) is 0.409. The van der Waals surface area contributed by atoms with Crippen LogP contribution in [0.5, 0.6) is 5.75 Å². The maximum Gasteiger partial charge on any atom is 0.251 e. The van der Waals surface area contributed by atoms with Gasteiger partial charge in [-0.05, 0) is 57.0 Å². The van der Waals surface area contributed by atoms with Gasteiger partial charge in [0.1, 0.15) is 11.4 Å². The Morgan fingerprint density at radius 1 is 1.17 bits per heavy atom. The summed E-state index contributed by atoms with van der Waals surface area (Å²) in [5.74, 6) is 0.537. The molecule has 1 heterocycles. The van der Waals surface area contributed by atoms with Crippen LogP contribution >= 0.6 is 0 Å². The van der Waals surface area contributed by atoms with Crippen molar-refractivity contribution in [2.75, 3.05) is 17.6 Å². The fourth-order valence-electron chi connectivity index (χ4n) is 3.60. The number of hydrogen-bond donors (Lipinski definition) is 1. The van der Waals surface area contributed by atoms with E-state index in [0.717, 1.165) is 28.7 Å². The Bertz CT molecular complexity index is 1060. The molecule has 2 aromatic carbocycles. The van der Waals surface area contributed by atoms with Gasteiger partial charge in [0.15, 0.2) is 0 Å². The standard InChI is InChI=1S/C22H28N2O4S/c1-14-7-10-17-18(13-22(3,4)28-20(17)11-14)23-21(25)16-9-8-15(2)19(12-16)24(5)29(6,26)27/h7-12,18H,13H2,1-6H3,(H,23,25)/t18-/m0/s1. The molecule has 6 nitrogen and oxygen atoms in total. The zero-order valence-electron chi connectivity index (χ0n) is 17.7. The molecule has 7 heteroatoms. The van der Waals surface area contributed by atoms with Gasteiger partial charge in [0.2, 0.25) is 10.0 Å². The Balaban J connectivity index is 1.91. The molecule has 1 N–H and O–H groups in total. The van der Waals surface area contributed by atoms with Crippen LogP contribution in [0.4, 0.5) is 5.69 Å². The van der Waals surface area contributed by atoms with Crippen LogP contribution in [0.2, 0.25) is 0 Å². The van der Waals surface area contributed by atoms with Crippen molar-refractivity contribution in [3.05, 3.63) is 58.7 Å². The lowest BCUT2D eigenvalue weighted by Crippen LogP contribution is -2.41. The van der Waals surface area contributed by atoms with Crippen molar-refractivity contribution in [2.45, 2.75) is 45.8 Å². The van der Waals surface area contributed by atoms with Gasteiger partial charge in [-0.1, -0.05) is 18.2 Å². The number of nitrogens with zero attached hydrogens (tertiary/aromatic N) is 1. The van der Waals surface area contributed by atoms with E-state index < -0.39 is 15.6 Å². The number of amides is 1. The van der Waals surface area contributed by atoms with Gasteiger partial charge in [0, 0.05) is 24.6 Å². The van der Waals surface area contributed by atoms with E-state index in [1.807, 2.05) is 45.9 Å². The van der Waals surface area contributed by atoms with E-state index >= 15 is 0 Å². The minimum atomic E-state index is -3.42. The average Bonchev–Trinajstić information content (AvgIpc) is 2.59. The highest BCUT2D eigenvalue weighted by molar-refractivity contribution is 7.92. The van der Waals surface area contributed by atoms with E-state index in [-0.39, 0.29) is 11.9 Å². The van der Waals surface area contributed by atoms with Crippen molar-refractivity contribution in [1.82, 2.24) is 5.32 Å². The zero-order valence-corrected chi connectivity index (χ0v) is 18.6. The van der Waals surface area contributed by atoms with Crippen molar-refractivity contribution in [3.8, 4) is 5.75 Å². The van der Waals surface area contributed by atoms with Gasteiger partial charge in [-0.25, -0.2) is 8.42 Å². The maximum atomic E-state index is 13.0. The van der Waals surface area contributed by atoms with Gasteiger partial charge in [-0.15, -0.1) is 0 Å². The second kappa shape index (κ2) is 7.37. The summed E-state index contributed by atoms with van der Waals surface area (Å²) in [6.45, 7) is 7.83. The lowest BCUT2D eigenvalue weighted by Gasteiger charge is -2.38. The summed E-state index contributed by atoms with van der Waals surface area (Å²) < 4.78 is 31.1. The largest absolute Gasteiger partial charge is 0.487 e. The van der Waals surface area contributed by atoms with E-state index in [4.69, 9.17) is 4.74 Å². The molecule has 0 bridgehead atoms. The van der Waals surface area contributed by atoms with E-state index in [9.17, 15) is 13.2 Å². The predicted molar refractivity (Wildman–Crippen MR) is 115 cm³/mol. The topological polar surface area (TPSA) is 75.7 Å². The number of ether oxygens (including phenoxy) is 1. The number of sulfonamides is 1.